The van der Waals surface area contributed by atoms with Gasteiger partial charge in [-0.3, -0.25) is 0 Å². The molecule has 1 aromatic heterocycles. The number of nitrogens with one attached hydrogen (secondary N) is 1. The second-order valence-electron chi connectivity index (χ2n) is 3.67. The summed E-state index contributed by atoms with van der Waals surface area (Å²) < 4.78 is 0. The first-order valence-electron chi connectivity index (χ1n) is 5.35. The summed E-state index contributed by atoms with van der Waals surface area (Å²) in [6, 6.07) is 7.96. The molecule has 0 spiro atoms. The van der Waals surface area contributed by atoms with Crippen molar-refractivity contribution in [2.24, 2.45) is 0 Å². The van der Waals surface area contributed by atoms with Gasteiger partial charge < -0.3 is 7.43 Å². The monoisotopic (exact) mass is 313 g/mol. The van der Waals surface area contributed by atoms with Gasteiger partial charge in [-0.2, -0.15) is 0 Å². The first kappa shape index (κ1) is 15.7. The maximum Gasteiger partial charge on any atom is -0.358 e. The zero-order valence-corrected chi connectivity index (χ0v) is 12.2. The van der Waals surface area contributed by atoms with E-state index in [1.807, 2.05) is 36.4 Å². The summed E-state index contributed by atoms with van der Waals surface area (Å²) in [6.07, 6.45) is 7.10. The molecule has 1 heterocycles. The molecular formula is C16H14ClNNi-2. The molecule has 0 unspecified atom stereocenters. The Morgan fingerprint density at radius 2 is 2.05 bits per heavy atom. The maximum atomic E-state index is 6.18. The number of hydrogen-bond acceptors (Lipinski definition) is 0. The number of aromatic amines is 1. The van der Waals surface area contributed by atoms with Crippen LogP contribution in [0, 0.1) is 14.0 Å². The van der Waals surface area contributed by atoms with Crippen LogP contribution < -0.4 is 0 Å². The molecule has 102 valence electrons. The second-order valence-corrected chi connectivity index (χ2v) is 4.38. The number of allylic oxidation sites excluding steroid dienone is 4. The maximum absolute atomic E-state index is 6.18. The van der Waals surface area contributed by atoms with Gasteiger partial charge in [0.05, 0.1) is 0 Å². The largest absolute Gasteiger partial charge is 0.358 e. The van der Waals surface area contributed by atoms with Crippen molar-refractivity contribution >= 4 is 33.6 Å². The molecule has 0 bridgehead atoms. The summed E-state index contributed by atoms with van der Waals surface area (Å²) in [5.41, 5.74) is 2.82. The zero-order chi connectivity index (χ0) is 13.0. The molecule has 0 aliphatic carbocycles. The van der Waals surface area contributed by atoms with Gasteiger partial charge in [0.25, 0.3) is 0 Å². The Morgan fingerprint density at radius 3 is 2.74 bits per heavy atom. The van der Waals surface area contributed by atoms with Gasteiger partial charge in [-0.15, -0.1) is 0 Å². The molecule has 0 radical (unpaired) electrons. The van der Waals surface area contributed by atoms with Crippen molar-refractivity contribution in [3.05, 3.63) is 72.8 Å². The molecule has 1 aromatic carbocycles. The molecule has 1 nitrogen and oxygen atoms in total. The van der Waals surface area contributed by atoms with Crippen molar-refractivity contribution < 1.29 is 15.0 Å². The van der Waals surface area contributed by atoms with E-state index < -0.39 is 0 Å². The molecule has 0 atom stereocenters. The summed E-state index contributed by atoms with van der Waals surface area (Å²) >= 11 is 10.7. The normalized spacial score (nSPS) is 11.6. The van der Waals surface area contributed by atoms with Crippen LogP contribution in [0.5, 0.6) is 0 Å². The molecule has 3 heteroatoms. The molecule has 0 saturated carbocycles. The van der Waals surface area contributed by atoms with E-state index in [1.165, 1.54) is 6.08 Å². The molecule has 19 heavy (non-hydrogen) atoms. The van der Waals surface area contributed by atoms with Crippen molar-refractivity contribution in [3.8, 4) is 0 Å². The number of rotatable bonds is 4. The molecule has 0 amide bonds. The van der Waals surface area contributed by atoms with Gasteiger partial charge in [-0.05, 0) is 0 Å². The Bertz CT molecular complexity index is 650. The van der Waals surface area contributed by atoms with Gasteiger partial charge >= 0.3 is 119 Å². The van der Waals surface area contributed by atoms with Crippen LogP contribution in [0.1, 0.15) is 5.56 Å². The quantitative estimate of drug-likeness (QED) is 0.484. The van der Waals surface area contributed by atoms with E-state index >= 15 is 0 Å². The Morgan fingerprint density at radius 1 is 1.32 bits per heavy atom. The Balaban J connectivity index is 0.00000180. The number of para-hydroxylation sites is 1. The molecular weight excluding hydrogens is 300 g/mol. The van der Waals surface area contributed by atoms with Gasteiger partial charge in [0.2, 0.25) is 0 Å². The van der Waals surface area contributed by atoms with Crippen molar-refractivity contribution in [2.45, 2.75) is 0 Å². The number of halogens is 1. The minimum atomic E-state index is 0. The van der Waals surface area contributed by atoms with E-state index in [9.17, 15) is 0 Å². The standard InChI is InChI=1S/C15H11ClN.CH3.Ni/c1-3-11(4-2)9-10-13-12-7-5-6-8-14(12)17-15(13)16;;/h1-10,17H;1H3;/q2*-1;/b10-9+,11-3+;;. The Kier molecular flexibility index (Phi) is 6.01. The van der Waals surface area contributed by atoms with E-state index in [4.69, 9.17) is 18.2 Å². The minimum Gasteiger partial charge on any atom is -0.358 e. The van der Waals surface area contributed by atoms with E-state index in [2.05, 4.69) is 20.0 Å². The van der Waals surface area contributed by atoms with Crippen molar-refractivity contribution in [3.63, 3.8) is 0 Å². The summed E-state index contributed by atoms with van der Waals surface area (Å²) in [4.78, 5) is 4.70. The fraction of sp³-hybridized carbons (Fsp3) is 0. The molecule has 1 N–H and O–H groups in total. The average molecular weight is 314 g/mol. The third kappa shape index (κ3) is 3.56. The first-order chi connectivity index (χ1) is 8.76. The topological polar surface area (TPSA) is 15.8 Å². The number of aromatic nitrogens is 1. The predicted molar refractivity (Wildman–Crippen MR) is 81.8 cm³/mol. The van der Waals surface area contributed by atoms with Crippen molar-refractivity contribution in [1.82, 2.24) is 4.98 Å². The SMILES string of the molecule is [CH-]=CC(/C=C/c1c(Cl)[nH]c2ccccc12)=C\[CH]=[Ni].[CH3-]. The van der Waals surface area contributed by atoms with Gasteiger partial charge in [-0.25, -0.2) is 0 Å². The van der Waals surface area contributed by atoms with Gasteiger partial charge in [-0.1, -0.05) is 0 Å². The third-order valence-electron chi connectivity index (χ3n) is 2.58. The Labute approximate surface area is 126 Å². The van der Waals surface area contributed by atoms with Crippen molar-refractivity contribution in [2.75, 3.05) is 0 Å². The first-order valence-corrected chi connectivity index (χ1v) is 6.30. The van der Waals surface area contributed by atoms with Crippen LogP contribution in [0.25, 0.3) is 17.0 Å². The minimum absolute atomic E-state index is 0. The number of fused-ring (bicyclic) bond motifs is 1. The van der Waals surface area contributed by atoms with Crippen LogP contribution >= 0.6 is 11.6 Å². The van der Waals surface area contributed by atoms with Crippen LogP contribution in [0.3, 0.4) is 0 Å². The average Bonchev–Trinajstić information content (AvgIpc) is 2.70. The molecule has 0 aliphatic rings. The summed E-state index contributed by atoms with van der Waals surface area (Å²) in [6.45, 7) is 5.50. The fourth-order valence-corrected chi connectivity index (χ4v) is 2.16. The van der Waals surface area contributed by atoms with Crippen LogP contribution in [-0.2, 0) is 15.0 Å². The zero-order valence-electron chi connectivity index (χ0n) is 10.5. The molecule has 2 rings (SSSR count). The van der Waals surface area contributed by atoms with Crippen molar-refractivity contribution in [1.29, 1.82) is 0 Å². The van der Waals surface area contributed by atoms with Gasteiger partial charge in [0, 0.05) is 0 Å². The predicted octanol–water partition coefficient (Wildman–Crippen LogP) is 4.55. The molecule has 0 saturated heterocycles. The van der Waals surface area contributed by atoms with Gasteiger partial charge in [0.15, 0.2) is 0 Å². The van der Waals surface area contributed by atoms with E-state index in [-0.39, 0.29) is 7.43 Å². The smallest absolute Gasteiger partial charge is 0.358 e. The summed E-state index contributed by atoms with van der Waals surface area (Å²) in [5.74, 6) is 0. The van der Waals surface area contributed by atoms with E-state index in [0.717, 1.165) is 22.0 Å². The number of hydrogen-bond donors (Lipinski definition) is 1. The number of H-pyrrole nitrogens is 1. The fourth-order valence-electron chi connectivity index (χ4n) is 1.70. The summed E-state index contributed by atoms with van der Waals surface area (Å²) in [5, 5.41) is 1.70. The Hall–Kier alpha value is -1.37. The third-order valence-corrected chi connectivity index (χ3v) is 3.04. The van der Waals surface area contributed by atoms with Crippen LogP contribution in [0.15, 0.2) is 48.1 Å². The second kappa shape index (κ2) is 7.28. The van der Waals surface area contributed by atoms with Crippen LogP contribution in [0.4, 0.5) is 0 Å². The van der Waals surface area contributed by atoms with Gasteiger partial charge in [0.1, 0.15) is 0 Å². The number of benzene rings is 1. The van der Waals surface area contributed by atoms with Crippen LogP contribution in [0.2, 0.25) is 5.15 Å². The molecule has 0 fully saturated rings. The molecule has 0 aliphatic heterocycles. The van der Waals surface area contributed by atoms with E-state index in [0.29, 0.717) is 5.15 Å². The molecule has 2 aromatic rings. The van der Waals surface area contributed by atoms with Crippen LogP contribution in [-0.4, -0.2) is 9.98 Å². The summed E-state index contributed by atoms with van der Waals surface area (Å²) in [7, 11) is 0. The van der Waals surface area contributed by atoms with E-state index in [1.54, 1.807) is 11.1 Å².